The summed E-state index contributed by atoms with van der Waals surface area (Å²) in [5.41, 5.74) is 1.92. The van der Waals surface area contributed by atoms with E-state index < -0.39 is 0 Å². The van der Waals surface area contributed by atoms with Crippen LogP contribution in [0.3, 0.4) is 0 Å². The molecule has 6 heteroatoms. The summed E-state index contributed by atoms with van der Waals surface area (Å²) in [5, 5.41) is 3.90. The highest BCUT2D eigenvalue weighted by molar-refractivity contribution is 6.36. The van der Waals surface area contributed by atoms with Crippen LogP contribution in [0.15, 0.2) is 48.5 Å². The van der Waals surface area contributed by atoms with E-state index in [9.17, 15) is 4.79 Å². The molecule has 0 radical (unpaired) electrons. The number of amides is 1. The number of benzene rings is 2. The monoisotopic (exact) mass is 391 g/mol. The minimum Gasteiger partial charge on any atom is -0.323 e. The van der Waals surface area contributed by atoms with Gasteiger partial charge in [0.05, 0.1) is 16.8 Å². The molecule has 0 bridgehead atoms. The first kappa shape index (κ1) is 19.2. The minimum atomic E-state index is -0.208. The zero-order valence-electron chi connectivity index (χ0n) is 14.8. The van der Waals surface area contributed by atoms with Crippen LogP contribution in [0.25, 0.3) is 0 Å². The van der Waals surface area contributed by atoms with Gasteiger partial charge in [0.2, 0.25) is 5.91 Å². The zero-order chi connectivity index (χ0) is 18.5. The highest BCUT2D eigenvalue weighted by Crippen LogP contribution is 2.25. The summed E-state index contributed by atoms with van der Waals surface area (Å²) in [6.07, 6.45) is 0. The molecule has 1 aliphatic heterocycles. The number of nitrogens with zero attached hydrogens (tertiary/aromatic N) is 2. The number of nitrogens with one attached hydrogen (secondary N) is 1. The number of piperazine rings is 1. The van der Waals surface area contributed by atoms with Crippen molar-refractivity contribution in [3.63, 3.8) is 0 Å². The first-order valence-electron chi connectivity index (χ1n) is 8.79. The Balaban J connectivity index is 1.51. The third kappa shape index (κ3) is 4.98. The van der Waals surface area contributed by atoms with Crippen LogP contribution in [0.4, 0.5) is 5.69 Å². The maximum absolute atomic E-state index is 12.6. The van der Waals surface area contributed by atoms with Crippen molar-refractivity contribution >= 4 is 34.8 Å². The Morgan fingerprint density at radius 1 is 1.08 bits per heavy atom. The van der Waals surface area contributed by atoms with Crippen molar-refractivity contribution in [1.29, 1.82) is 0 Å². The maximum Gasteiger partial charge on any atom is 0.241 e. The Morgan fingerprint density at radius 2 is 1.77 bits per heavy atom. The van der Waals surface area contributed by atoms with Crippen LogP contribution in [-0.2, 0) is 11.3 Å². The van der Waals surface area contributed by atoms with Gasteiger partial charge in [-0.15, -0.1) is 0 Å². The molecule has 0 spiro atoms. The van der Waals surface area contributed by atoms with E-state index in [0.717, 1.165) is 32.7 Å². The predicted octanol–water partition coefficient (Wildman–Crippen LogP) is 4.14. The molecule has 1 aliphatic rings. The van der Waals surface area contributed by atoms with E-state index in [-0.39, 0.29) is 11.9 Å². The third-order valence-corrected chi connectivity index (χ3v) is 5.32. The minimum absolute atomic E-state index is 0.0502. The van der Waals surface area contributed by atoms with Crippen molar-refractivity contribution in [2.45, 2.75) is 19.5 Å². The largest absolute Gasteiger partial charge is 0.323 e. The van der Waals surface area contributed by atoms with Gasteiger partial charge in [-0.1, -0.05) is 53.5 Å². The van der Waals surface area contributed by atoms with E-state index in [0.29, 0.717) is 15.7 Å². The Kier molecular flexibility index (Phi) is 6.54. The van der Waals surface area contributed by atoms with E-state index in [2.05, 4.69) is 39.4 Å². The topological polar surface area (TPSA) is 35.6 Å². The molecule has 0 aromatic heterocycles. The van der Waals surface area contributed by atoms with E-state index in [1.54, 1.807) is 18.2 Å². The maximum atomic E-state index is 12.6. The molecule has 3 rings (SSSR count). The molecule has 0 unspecified atom stereocenters. The molecule has 0 saturated carbocycles. The highest BCUT2D eigenvalue weighted by Gasteiger charge is 2.26. The molecular formula is C20H23Cl2N3O. The van der Waals surface area contributed by atoms with Crippen molar-refractivity contribution in [2.24, 2.45) is 0 Å². The quantitative estimate of drug-likeness (QED) is 0.831. The summed E-state index contributed by atoms with van der Waals surface area (Å²) in [7, 11) is 0. The molecule has 138 valence electrons. The molecule has 0 aliphatic carbocycles. The SMILES string of the molecule is C[C@H](C(=O)Nc1ccc(Cl)cc1Cl)N1CCN(Cc2ccccc2)CC1. The molecule has 2 aromatic carbocycles. The fraction of sp³-hybridized carbons (Fsp3) is 0.350. The Morgan fingerprint density at radius 3 is 2.42 bits per heavy atom. The predicted molar refractivity (Wildman–Crippen MR) is 108 cm³/mol. The highest BCUT2D eigenvalue weighted by atomic mass is 35.5. The lowest BCUT2D eigenvalue weighted by Crippen LogP contribution is -2.52. The average Bonchev–Trinajstić information content (AvgIpc) is 2.65. The number of anilines is 1. The molecule has 1 N–H and O–H groups in total. The van der Waals surface area contributed by atoms with E-state index in [4.69, 9.17) is 23.2 Å². The van der Waals surface area contributed by atoms with Gasteiger partial charge in [-0.3, -0.25) is 14.6 Å². The normalized spacial score (nSPS) is 17.0. The van der Waals surface area contributed by atoms with Gasteiger partial charge in [0.15, 0.2) is 0 Å². The van der Waals surface area contributed by atoms with Crippen molar-refractivity contribution in [3.05, 3.63) is 64.1 Å². The second kappa shape index (κ2) is 8.87. The molecule has 1 amide bonds. The molecule has 4 nitrogen and oxygen atoms in total. The summed E-state index contributed by atoms with van der Waals surface area (Å²) in [6.45, 7) is 6.54. The number of carbonyl (C=O) groups is 1. The first-order chi connectivity index (χ1) is 12.5. The van der Waals surface area contributed by atoms with E-state index in [1.807, 2.05) is 13.0 Å². The second-order valence-corrected chi connectivity index (χ2v) is 7.43. The number of hydrogen-bond acceptors (Lipinski definition) is 3. The van der Waals surface area contributed by atoms with Gasteiger partial charge in [0.25, 0.3) is 0 Å². The summed E-state index contributed by atoms with van der Waals surface area (Å²) in [4.78, 5) is 17.2. The molecule has 2 aromatic rings. The van der Waals surface area contributed by atoms with Crippen LogP contribution in [0, 0.1) is 0 Å². The molecule has 1 atom stereocenters. The van der Waals surface area contributed by atoms with Crippen LogP contribution in [0.1, 0.15) is 12.5 Å². The Labute approximate surface area is 164 Å². The Bertz CT molecular complexity index is 746. The van der Waals surface area contributed by atoms with Gasteiger partial charge in [0, 0.05) is 37.7 Å². The smallest absolute Gasteiger partial charge is 0.241 e. The number of carbonyl (C=O) groups excluding carboxylic acids is 1. The lowest BCUT2D eigenvalue weighted by atomic mass is 10.1. The van der Waals surface area contributed by atoms with Crippen LogP contribution >= 0.6 is 23.2 Å². The number of rotatable bonds is 5. The molecule has 1 saturated heterocycles. The van der Waals surface area contributed by atoms with Gasteiger partial charge in [-0.25, -0.2) is 0 Å². The van der Waals surface area contributed by atoms with Gasteiger partial charge < -0.3 is 5.32 Å². The fourth-order valence-electron chi connectivity index (χ4n) is 3.14. The Hall–Kier alpha value is -1.59. The van der Waals surface area contributed by atoms with Crippen LogP contribution in [0.5, 0.6) is 0 Å². The van der Waals surface area contributed by atoms with E-state index in [1.165, 1.54) is 5.56 Å². The van der Waals surface area contributed by atoms with Crippen LogP contribution in [0.2, 0.25) is 10.0 Å². The van der Waals surface area contributed by atoms with Crippen molar-refractivity contribution in [3.8, 4) is 0 Å². The molecular weight excluding hydrogens is 369 g/mol. The standard InChI is InChI=1S/C20H23Cl2N3O/c1-15(20(26)23-19-8-7-17(21)13-18(19)22)25-11-9-24(10-12-25)14-16-5-3-2-4-6-16/h2-8,13,15H,9-12,14H2,1H3,(H,23,26)/t15-/m1/s1. The lowest BCUT2D eigenvalue weighted by Gasteiger charge is -2.37. The second-order valence-electron chi connectivity index (χ2n) is 6.59. The van der Waals surface area contributed by atoms with Gasteiger partial charge in [-0.2, -0.15) is 0 Å². The van der Waals surface area contributed by atoms with Crippen molar-refractivity contribution in [1.82, 2.24) is 9.80 Å². The first-order valence-corrected chi connectivity index (χ1v) is 9.55. The zero-order valence-corrected chi connectivity index (χ0v) is 16.3. The molecule has 1 heterocycles. The number of hydrogen-bond donors (Lipinski definition) is 1. The van der Waals surface area contributed by atoms with Crippen LogP contribution in [-0.4, -0.2) is 47.9 Å². The third-order valence-electron chi connectivity index (χ3n) is 4.77. The fourth-order valence-corrected chi connectivity index (χ4v) is 3.60. The molecule has 26 heavy (non-hydrogen) atoms. The van der Waals surface area contributed by atoms with Gasteiger partial charge >= 0.3 is 0 Å². The summed E-state index contributed by atoms with van der Waals surface area (Å²) >= 11 is 12.0. The van der Waals surface area contributed by atoms with Gasteiger partial charge in [0.1, 0.15) is 0 Å². The summed E-state index contributed by atoms with van der Waals surface area (Å²) in [5.74, 6) is -0.0502. The molecule has 1 fully saturated rings. The van der Waals surface area contributed by atoms with E-state index >= 15 is 0 Å². The lowest BCUT2D eigenvalue weighted by molar-refractivity contribution is -0.121. The summed E-state index contributed by atoms with van der Waals surface area (Å²) in [6, 6.07) is 15.3. The summed E-state index contributed by atoms with van der Waals surface area (Å²) < 4.78 is 0. The van der Waals surface area contributed by atoms with Gasteiger partial charge in [-0.05, 0) is 30.7 Å². The number of halogens is 2. The van der Waals surface area contributed by atoms with Crippen molar-refractivity contribution in [2.75, 3.05) is 31.5 Å². The van der Waals surface area contributed by atoms with Crippen molar-refractivity contribution < 1.29 is 4.79 Å². The van der Waals surface area contributed by atoms with Crippen LogP contribution < -0.4 is 5.32 Å². The average molecular weight is 392 g/mol.